The molecule has 0 aliphatic carbocycles. The molecule has 0 saturated carbocycles. The molecule has 0 radical (unpaired) electrons. The van der Waals surface area contributed by atoms with E-state index in [-0.39, 0.29) is 0 Å². The first-order valence-electron chi connectivity index (χ1n) is 9.13. The van der Waals surface area contributed by atoms with E-state index in [1.807, 2.05) is 47.0 Å². The molecular weight excluding hydrogens is 362 g/mol. The zero-order chi connectivity index (χ0) is 18.9. The van der Waals surface area contributed by atoms with Crippen molar-refractivity contribution in [2.24, 2.45) is 0 Å². The van der Waals surface area contributed by atoms with E-state index in [1.165, 1.54) is 0 Å². The van der Waals surface area contributed by atoms with Crippen molar-refractivity contribution in [3.8, 4) is 33.6 Å². The van der Waals surface area contributed by atoms with E-state index in [2.05, 4.69) is 59.6 Å². The normalized spacial score (nSPS) is 11.0. The molecule has 0 spiro atoms. The van der Waals surface area contributed by atoms with Crippen LogP contribution in [-0.4, -0.2) is 14.6 Å². The number of imidazole rings is 1. The van der Waals surface area contributed by atoms with E-state index in [0.717, 1.165) is 39.2 Å². The van der Waals surface area contributed by atoms with Crippen LogP contribution < -0.4 is 0 Å². The first kappa shape index (κ1) is 16.7. The van der Waals surface area contributed by atoms with Gasteiger partial charge in [0, 0.05) is 16.7 Å². The lowest BCUT2D eigenvalue weighted by molar-refractivity contribution is 0.917. The zero-order valence-electron chi connectivity index (χ0n) is 15.0. The second kappa shape index (κ2) is 6.91. The maximum atomic E-state index is 5.64. The van der Waals surface area contributed by atoms with Gasteiger partial charge in [-0.25, -0.2) is 4.52 Å². The van der Waals surface area contributed by atoms with Crippen LogP contribution in [0.5, 0.6) is 0 Å². The average molecular weight is 379 g/mol. The van der Waals surface area contributed by atoms with E-state index < -0.39 is 0 Å². The molecule has 0 saturated heterocycles. The van der Waals surface area contributed by atoms with E-state index >= 15 is 0 Å². The Morgan fingerprint density at radius 2 is 1.21 bits per heavy atom. The molecule has 28 heavy (non-hydrogen) atoms. The number of nitrogens with zero attached hydrogens (tertiary/aromatic N) is 2. The number of nitrogens with one attached hydrogen (secondary N) is 1. The summed E-state index contributed by atoms with van der Waals surface area (Å²) in [5.41, 5.74) is 7.24. The highest BCUT2D eigenvalue weighted by Crippen LogP contribution is 2.34. The minimum absolute atomic E-state index is 0.587. The fraction of sp³-hybridized carbons (Fsp3) is 0. The minimum Gasteiger partial charge on any atom is -0.329 e. The average Bonchev–Trinajstić information content (AvgIpc) is 3.11. The number of fused-ring (bicyclic) bond motifs is 1. The van der Waals surface area contributed by atoms with E-state index in [4.69, 9.17) is 17.3 Å². The van der Waals surface area contributed by atoms with Crippen molar-refractivity contribution in [2.75, 3.05) is 0 Å². The van der Waals surface area contributed by atoms with Gasteiger partial charge in [0.2, 0.25) is 0 Å². The second-order valence-corrected chi connectivity index (χ2v) is 6.99. The summed E-state index contributed by atoms with van der Waals surface area (Å²) in [6, 6.07) is 33.0. The van der Waals surface area contributed by atoms with Gasteiger partial charge in [-0.05, 0) is 23.8 Å². The standard InChI is InChI=1S/C24H17N3S/c28-24-25-22(19-14-8-3-9-15-19)23-20(17-10-4-1-5-11-17)16-21(26-27(23)24)18-12-6-2-7-13-18/h1-16H,(H,25,28). The molecule has 0 bridgehead atoms. The highest BCUT2D eigenvalue weighted by molar-refractivity contribution is 7.71. The zero-order valence-corrected chi connectivity index (χ0v) is 15.9. The molecule has 1 N–H and O–H groups in total. The third-order valence-corrected chi connectivity index (χ3v) is 5.11. The van der Waals surface area contributed by atoms with Crippen molar-refractivity contribution in [1.82, 2.24) is 14.6 Å². The molecule has 0 aliphatic rings. The Bertz CT molecular complexity index is 1300. The van der Waals surface area contributed by atoms with Gasteiger partial charge in [0.25, 0.3) is 0 Å². The van der Waals surface area contributed by atoms with Crippen molar-refractivity contribution in [3.05, 3.63) is 102 Å². The molecule has 134 valence electrons. The smallest absolute Gasteiger partial charge is 0.199 e. The van der Waals surface area contributed by atoms with E-state index in [1.54, 1.807) is 0 Å². The number of H-pyrrole nitrogens is 1. The Balaban J connectivity index is 1.88. The van der Waals surface area contributed by atoms with Gasteiger partial charge in [0.15, 0.2) is 4.77 Å². The van der Waals surface area contributed by atoms with Crippen LogP contribution in [0.2, 0.25) is 0 Å². The van der Waals surface area contributed by atoms with Crippen LogP contribution in [0.3, 0.4) is 0 Å². The Kier molecular flexibility index (Phi) is 4.11. The molecule has 0 fully saturated rings. The van der Waals surface area contributed by atoms with Crippen molar-refractivity contribution in [2.45, 2.75) is 0 Å². The van der Waals surface area contributed by atoms with Gasteiger partial charge in [-0.3, -0.25) is 0 Å². The molecule has 3 aromatic carbocycles. The molecule has 3 nitrogen and oxygen atoms in total. The van der Waals surface area contributed by atoms with Crippen LogP contribution in [0.15, 0.2) is 97.1 Å². The van der Waals surface area contributed by atoms with E-state index in [0.29, 0.717) is 4.77 Å². The van der Waals surface area contributed by atoms with Crippen molar-refractivity contribution in [1.29, 1.82) is 0 Å². The summed E-state index contributed by atoms with van der Waals surface area (Å²) >= 11 is 5.64. The molecule has 0 atom stereocenters. The number of benzene rings is 3. The van der Waals surface area contributed by atoms with Crippen molar-refractivity contribution < 1.29 is 0 Å². The van der Waals surface area contributed by atoms with Crippen molar-refractivity contribution in [3.63, 3.8) is 0 Å². The van der Waals surface area contributed by atoms with Crippen LogP contribution in [-0.2, 0) is 0 Å². The second-order valence-electron chi connectivity index (χ2n) is 6.61. The summed E-state index contributed by atoms with van der Waals surface area (Å²) in [5.74, 6) is 0. The molecule has 0 amide bonds. The lowest BCUT2D eigenvalue weighted by Gasteiger charge is -2.10. The van der Waals surface area contributed by atoms with Gasteiger partial charge in [-0.15, -0.1) is 0 Å². The summed E-state index contributed by atoms with van der Waals surface area (Å²) in [4.78, 5) is 3.37. The Morgan fingerprint density at radius 1 is 0.679 bits per heavy atom. The van der Waals surface area contributed by atoms with Gasteiger partial charge in [-0.1, -0.05) is 91.0 Å². The highest BCUT2D eigenvalue weighted by atomic mass is 32.1. The maximum Gasteiger partial charge on any atom is 0.199 e. The highest BCUT2D eigenvalue weighted by Gasteiger charge is 2.16. The first-order chi connectivity index (χ1) is 13.8. The van der Waals surface area contributed by atoms with Crippen LogP contribution in [0, 0.1) is 4.77 Å². The summed E-state index contributed by atoms with van der Waals surface area (Å²) in [7, 11) is 0. The lowest BCUT2D eigenvalue weighted by atomic mass is 10.0. The van der Waals surface area contributed by atoms with Crippen molar-refractivity contribution >= 4 is 17.7 Å². The Morgan fingerprint density at radius 3 is 1.82 bits per heavy atom. The monoisotopic (exact) mass is 379 g/mol. The first-order valence-corrected chi connectivity index (χ1v) is 9.54. The number of hydrogen-bond acceptors (Lipinski definition) is 2. The fourth-order valence-electron chi connectivity index (χ4n) is 3.51. The number of aromatic amines is 1. The summed E-state index contributed by atoms with van der Waals surface area (Å²) in [6.07, 6.45) is 0. The molecular formula is C24H17N3S. The molecule has 4 heteroatoms. The number of aromatic nitrogens is 3. The van der Waals surface area contributed by atoms with Gasteiger partial charge in [-0.2, -0.15) is 5.10 Å². The maximum absolute atomic E-state index is 5.64. The van der Waals surface area contributed by atoms with Gasteiger partial charge < -0.3 is 4.98 Å². The van der Waals surface area contributed by atoms with Gasteiger partial charge >= 0.3 is 0 Å². The van der Waals surface area contributed by atoms with Crippen LogP contribution in [0.1, 0.15) is 0 Å². The number of rotatable bonds is 3. The van der Waals surface area contributed by atoms with Crippen LogP contribution >= 0.6 is 12.2 Å². The van der Waals surface area contributed by atoms with Crippen LogP contribution in [0.25, 0.3) is 39.2 Å². The minimum atomic E-state index is 0.587. The fourth-order valence-corrected chi connectivity index (χ4v) is 3.75. The Labute approximate surface area is 167 Å². The molecule has 2 heterocycles. The third-order valence-electron chi connectivity index (χ3n) is 4.83. The quantitative estimate of drug-likeness (QED) is 0.368. The molecule has 5 aromatic rings. The van der Waals surface area contributed by atoms with E-state index in [9.17, 15) is 0 Å². The Hall–Kier alpha value is -3.50. The summed E-state index contributed by atoms with van der Waals surface area (Å²) < 4.78 is 2.44. The predicted molar refractivity (Wildman–Crippen MR) is 117 cm³/mol. The topological polar surface area (TPSA) is 33.1 Å². The molecule has 5 rings (SSSR count). The number of hydrogen-bond donors (Lipinski definition) is 1. The molecule has 0 aliphatic heterocycles. The largest absolute Gasteiger partial charge is 0.329 e. The summed E-state index contributed by atoms with van der Waals surface area (Å²) in [5, 5.41) is 4.86. The van der Waals surface area contributed by atoms with Gasteiger partial charge in [0.1, 0.15) is 0 Å². The predicted octanol–water partition coefficient (Wildman–Crippen LogP) is 6.39. The molecule has 0 unspecified atom stereocenters. The van der Waals surface area contributed by atoms with Gasteiger partial charge in [0.05, 0.1) is 16.9 Å². The molecule has 2 aromatic heterocycles. The lowest BCUT2D eigenvalue weighted by Crippen LogP contribution is -1.98. The summed E-state index contributed by atoms with van der Waals surface area (Å²) in [6.45, 7) is 0. The third kappa shape index (κ3) is 2.84. The SMILES string of the molecule is S=c1[nH]c(-c2ccccc2)c2c(-c3ccccc3)cc(-c3ccccc3)nn12. The van der Waals surface area contributed by atoms with Crippen LogP contribution in [0.4, 0.5) is 0 Å².